The first kappa shape index (κ1) is 23.7. The number of likely N-dealkylation sites (N-methyl/N-ethyl adjacent to an activating group) is 2. The van der Waals surface area contributed by atoms with Gasteiger partial charge in [0.05, 0.1) is 48.9 Å². The van der Waals surface area contributed by atoms with Crippen molar-refractivity contribution in [3.63, 3.8) is 0 Å². The lowest BCUT2D eigenvalue weighted by Crippen LogP contribution is -3.00. The van der Waals surface area contributed by atoms with Gasteiger partial charge in [-0.3, -0.25) is 4.79 Å². The van der Waals surface area contributed by atoms with E-state index in [1.54, 1.807) is 6.92 Å². The predicted octanol–water partition coefficient (Wildman–Crippen LogP) is -6.09. The summed E-state index contributed by atoms with van der Waals surface area (Å²) in [5.74, 6) is -0.512. The minimum Gasteiger partial charge on any atom is -1.00 e. The van der Waals surface area contributed by atoms with E-state index in [0.29, 0.717) is 17.6 Å². The minimum atomic E-state index is -0.743. The molecule has 0 spiro atoms. The Balaban J connectivity index is -0.00000128. The van der Waals surface area contributed by atoms with Gasteiger partial charge in [-0.1, -0.05) is 0 Å². The highest BCUT2D eigenvalue weighted by Gasteiger charge is 2.41. The molecule has 0 amide bonds. The number of carbonyl (C=O) groups excluding carboxylic acids is 2. The molecule has 0 aromatic rings. The van der Waals surface area contributed by atoms with Crippen LogP contribution in [0.4, 0.5) is 0 Å². The van der Waals surface area contributed by atoms with Gasteiger partial charge in [-0.2, -0.15) is 0 Å². The van der Waals surface area contributed by atoms with Crippen molar-refractivity contribution in [1.29, 1.82) is 0 Å². The maximum Gasteiger partial charge on any atom is 0.373 e. The second-order valence-corrected chi connectivity index (χ2v) is 6.19. The molecule has 0 rings (SSSR count). The molecule has 116 valence electrons. The van der Waals surface area contributed by atoms with Gasteiger partial charge in [-0.15, -0.1) is 0 Å². The number of quaternary nitrogens is 2. The fourth-order valence-corrected chi connectivity index (χ4v) is 1.65. The molecule has 7 heteroatoms. The summed E-state index contributed by atoms with van der Waals surface area (Å²) in [5, 5.41) is 0. The lowest BCUT2D eigenvalue weighted by molar-refractivity contribution is -0.885. The van der Waals surface area contributed by atoms with Crippen LogP contribution in [0.5, 0.6) is 0 Å². The predicted molar refractivity (Wildman–Crippen MR) is 66.4 cm³/mol. The highest BCUT2D eigenvalue weighted by atomic mass is 35.5. The number of rotatable bonds is 6. The lowest BCUT2D eigenvalue weighted by atomic mass is 10.1. The molecular weight excluding hydrogens is 291 g/mol. The standard InChI is InChI=1S/C12H26N2O3.2ClH/c1-8-17-12(16)11(14(5,6)7)10(15)9-13(2,3)4;;/h11H,8-9H2,1-7H3;2*1H/q+2;;/p-2. The minimum absolute atomic E-state index is 0. The number of hydrogen-bond acceptors (Lipinski definition) is 3. The van der Waals surface area contributed by atoms with Crippen molar-refractivity contribution in [3.8, 4) is 0 Å². The Hall–Kier alpha value is -0.360. The van der Waals surface area contributed by atoms with Crippen molar-refractivity contribution in [2.24, 2.45) is 0 Å². The lowest BCUT2D eigenvalue weighted by Gasteiger charge is -2.33. The van der Waals surface area contributed by atoms with Crippen LogP contribution in [0.2, 0.25) is 0 Å². The number of halogens is 2. The summed E-state index contributed by atoms with van der Waals surface area (Å²) < 4.78 is 5.75. The third-order valence-corrected chi connectivity index (χ3v) is 2.22. The molecule has 0 aromatic heterocycles. The fraction of sp³-hybridized carbons (Fsp3) is 0.833. The Kier molecular flexibility index (Phi) is 10.9. The smallest absolute Gasteiger partial charge is 0.373 e. The summed E-state index contributed by atoms with van der Waals surface area (Å²) in [6.45, 7) is 2.36. The van der Waals surface area contributed by atoms with Gasteiger partial charge in [0, 0.05) is 0 Å². The number of ketones is 1. The molecule has 0 bridgehead atoms. The Bertz CT molecular complexity index is 296. The van der Waals surface area contributed by atoms with Crippen molar-refractivity contribution in [2.45, 2.75) is 13.0 Å². The van der Waals surface area contributed by atoms with Crippen LogP contribution in [0.1, 0.15) is 6.92 Å². The molecule has 0 N–H and O–H groups in total. The molecule has 0 aliphatic rings. The fourth-order valence-electron chi connectivity index (χ4n) is 1.65. The summed E-state index contributed by atoms with van der Waals surface area (Å²) in [6.07, 6.45) is 0. The summed E-state index contributed by atoms with van der Waals surface area (Å²) in [7, 11) is 11.3. The third kappa shape index (κ3) is 9.21. The van der Waals surface area contributed by atoms with Gasteiger partial charge in [0.25, 0.3) is 11.8 Å². The largest absolute Gasteiger partial charge is 1.00 e. The van der Waals surface area contributed by atoms with E-state index in [2.05, 4.69) is 0 Å². The average Bonchev–Trinajstić information content (AvgIpc) is 1.96. The van der Waals surface area contributed by atoms with Crippen LogP contribution in [0.25, 0.3) is 0 Å². The van der Waals surface area contributed by atoms with Crippen molar-refractivity contribution < 1.29 is 48.1 Å². The van der Waals surface area contributed by atoms with Crippen LogP contribution in [0, 0.1) is 0 Å². The average molecular weight is 317 g/mol. The third-order valence-electron chi connectivity index (χ3n) is 2.22. The number of hydrogen-bond donors (Lipinski definition) is 0. The Morgan fingerprint density at radius 3 is 1.68 bits per heavy atom. The van der Waals surface area contributed by atoms with E-state index in [4.69, 9.17) is 4.74 Å². The molecule has 0 saturated heterocycles. The second kappa shape index (κ2) is 8.74. The second-order valence-electron chi connectivity index (χ2n) is 6.19. The molecule has 0 aliphatic heterocycles. The maximum absolute atomic E-state index is 12.2. The molecule has 1 unspecified atom stereocenters. The summed E-state index contributed by atoms with van der Waals surface area (Å²) in [5.41, 5.74) is 0. The van der Waals surface area contributed by atoms with Gasteiger partial charge in [0.1, 0.15) is 6.54 Å². The van der Waals surface area contributed by atoms with E-state index in [-0.39, 0.29) is 35.1 Å². The number of carbonyl (C=O) groups is 2. The van der Waals surface area contributed by atoms with E-state index in [1.165, 1.54) is 0 Å². The Morgan fingerprint density at radius 1 is 1.00 bits per heavy atom. The van der Waals surface area contributed by atoms with Gasteiger partial charge >= 0.3 is 5.97 Å². The SMILES string of the molecule is CCOC(=O)C(C(=O)C[N+](C)(C)C)[N+](C)(C)C.[Cl-].[Cl-]. The van der Waals surface area contributed by atoms with Crippen LogP contribution in [0.3, 0.4) is 0 Å². The highest BCUT2D eigenvalue weighted by Crippen LogP contribution is 2.09. The quantitative estimate of drug-likeness (QED) is 0.278. The van der Waals surface area contributed by atoms with Gasteiger partial charge in [-0.05, 0) is 6.92 Å². The molecule has 0 aliphatic carbocycles. The van der Waals surface area contributed by atoms with E-state index >= 15 is 0 Å². The van der Waals surface area contributed by atoms with Crippen molar-refractivity contribution in [1.82, 2.24) is 0 Å². The van der Waals surface area contributed by atoms with Gasteiger partial charge in [-0.25, -0.2) is 4.79 Å². The van der Waals surface area contributed by atoms with E-state index in [0.717, 1.165) is 0 Å². The van der Waals surface area contributed by atoms with Crippen molar-refractivity contribution in [3.05, 3.63) is 0 Å². The van der Waals surface area contributed by atoms with Gasteiger partial charge < -0.3 is 38.5 Å². The molecule has 0 aromatic carbocycles. The van der Waals surface area contributed by atoms with Crippen molar-refractivity contribution >= 4 is 11.8 Å². The molecule has 0 saturated carbocycles. The first-order valence-corrected chi connectivity index (χ1v) is 5.80. The molecule has 1 atom stereocenters. The molecule has 0 heterocycles. The normalized spacial score (nSPS) is 12.8. The zero-order chi connectivity index (χ0) is 13.9. The van der Waals surface area contributed by atoms with E-state index in [1.807, 2.05) is 42.3 Å². The molecule has 19 heavy (non-hydrogen) atoms. The molecule has 5 nitrogen and oxygen atoms in total. The summed E-state index contributed by atoms with van der Waals surface area (Å²) in [4.78, 5) is 24.0. The van der Waals surface area contributed by atoms with Crippen LogP contribution in [-0.4, -0.2) is 82.2 Å². The number of ether oxygens (including phenoxy) is 1. The monoisotopic (exact) mass is 316 g/mol. The van der Waals surface area contributed by atoms with E-state index < -0.39 is 12.0 Å². The van der Waals surface area contributed by atoms with Crippen LogP contribution in [0.15, 0.2) is 0 Å². The Morgan fingerprint density at radius 2 is 1.42 bits per heavy atom. The van der Waals surface area contributed by atoms with Crippen LogP contribution in [-0.2, 0) is 14.3 Å². The zero-order valence-corrected chi connectivity index (χ0v) is 14.4. The van der Waals surface area contributed by atoms with Crippen molar-refractivity contribution in [2.75, 3.05) is 55.4 Å². The molecular formula is C12H26Cl2N2O3. The molecule has 0 radical (unpaired) electrons. The first-order valence-electron chi connectivity index (χ1n) is 5.80. The summed E-state index contributed by atoms with van der Waals surface area (Å²) >= 11 is 0. The number of Topliss-reactive ketones (excluding diaryl/α,β-unsaturated/α-hetero) is 1. The van der Waals surface area contributed by atoms with Crippen LogP contribution >= 0.6 is 0 Å². The number of nitrogens with zero attached hydrogens (tertiary/aromatic N) is 2. The van der Waals surface area contributed by atoms with Gasteiger partial charge in [0.15, 0.2) is 0 Å². The van der Waals surface area contributed by atoms with Gasteiger partial charge in [0.2, 0.25) is 0 Å². The zero-order valence-electron chi connectivity index (χ0n) is 12.9. The first-order chi connectivity index (χ1) is 7.49. The maximum atomic E-state index is 12.2. The summed E-state index contributed by atoms with van der Waals surface area (Å²) in [6, 6.07) is -0.743. The number of esters is 1. The van der Waals surface area contributed by atoms with Crippen LogP contribution < -0.4 is 24.8 Å². The highest BCUT2D eigenvalue weighted by molar-refractivity contribution is 6.02. The van der Waals surface area contributed by atoms with E-state index in [9.17, 15) is 9.59 Å². The Labute approximate surface area is 128 Å². The molecule has 0 fully saturated rings. The topological polar surface area (TPSA) is 43.4 Å².